The first-order valence-corrected chi connectivity index (χ1v) is 9.05. The van der Waals surface area contributed by atoms with Crippen LogP contribution in [-0.2, 0) is 19.5 Å². The quantitative estimate of drug-likeness (QED) is 0.720. The number of hydrogen-bond acceptors (Lipinski definition) is 4. The number of aliphatic hydroxyl groups excluding tert-OH is 1. The zero-order valence-corrected chi connectivity index (χ0v) is 15.1. The first-order valence-electron chi connectivity index (χ1n) is 9.05. The average Bonchev–Trinajstić information content (AvgIpc) is 2.95. The Morgan fingerprint density at radius 2 is 2.15 bits per heavy atom. The maximum Gasteiger partial charge on any atom is 0.140 e. The van der Waals surface area contributed by atoms with E-state index in [0.717, 1.165) is 42.8 Å². The molecule has 0 radical (unpaired) electrons. The molecule has 1 unspecified atom stereocenters. The van der Waals surface area contributed by atoms with E-state index in [1.807, 2.05) is 24.4 Å². The number of hydrogen-bond donors (Lipinski definition) is 1. The van der Waals surface area contributed by atoms with Gasteiger partial charge in [0.15, 0.2) is 0 Å². The molecular weight excluding hydrogens is 324 g/mol. The van der Waals surface area contributed by atoms with Gasteiger partial charge >= 0.3 is 0 Å². The molecule has 1 atom stereocenters. The fourth-order valence-corrected chi connectivity index (χ4v) is 3.87. The Bertz CT molecular complexity index is 932. The minimum absolute atomic E-state index is 0.507. The van der Waals surface area contributed by atoms with Gasteiger partial charge in [0.1, 0.15) is 5.65 Å². The predicted octanol–water partition coefficient (Wildman–Crippen LogP) is 3.02. The topological polar surface area (TPSA) is 54.2 Å². The number of aryl methyl sites for hydroxylation is 1. The molecular formula is C21H24N4O. The molecule has 1 aliphatic heterocycles. The second kappa shape index (κ2) is 7.02. The Morgan fingerprint density at radius 3 is 2.92 bits per heavy atom. The number of fused-ring (bicyclic) bond motifs is 3. The van der Waals surface area contributed by atoms with Crippen molar-refractivity contribution < 1.29 is 5.11 Å². The Morgan fingerprint density at radius 1 is 1.35 bits per heavy atom. The molecule has 3 aromatic heterocycles. The molecule has 0 fully saturated rings. The molecule has 0 aromatic carbocycles. The van der Waals surface area contributed by atoms with Gasteiger partial charge in [-0.25, -0.2) is 4.98 Å². The van der Waals surface area contributed by atoms with E-state index in [2.05, 4.69) is 34.0 Å². The first-order chi connectivity index (χ1) is 12.7. The van der Waals surface area contributed by atoms with Crippen molar-refractivity contribution in [3.8, 4) is 0 Å². The third-order valence-electron chi connectivity index (χ3n) is 5.14. The number of aromatic nitrogens is 3. The van der Waals surface area contributed by atoms with E-state index in [1.165, 1.54) is 16.6 Å². The molecule has 3 aromatic rings. The van der Waals surface area contributed by atoms with Crippen LogP contribution in [0, 0.1) is 6.92 Å². The monoisotopic (exact) mass is 348 g/mol. The number of pyridine rings is 2. The fourth-order valence-electron chi connectivity index (χ4n) is 3.87. The van der Waals surface area contributed by atoms with Crippen LogP contribution in [0.2, 0.25) is 0 Å². The van der Waals surface area contributed by atoms with E-state index < -0.39 is 6.10 Å². The Hall–Kier alpha value is -2.50. The third kappa shape index (κ3) is 3.04. The van der Waals surface area contributed by atoms with E-state index in [9.17, 15) is 5.11 Å². The Kier molecular flexibility index (Phi) is 4.57. The van der Waals surface area contributed by atoms with Gasteiger partial charge < -0.3 is 9.67 Å². The van der Waals surface area contributed by atoms with Crippen LogP contribution >= 0.6 is 0 Å². The van der Waals surface area contributed by atoms with Crippen molar-refractivity contribution in [2.75, 3.05) is 13.1 Å². The lowest BCUT2D eigenvalue weighted by atomic mass is 10.0. The summed E-state index contributed by atoms with van der Waals surface area (Å²) in [5, 5.41) is 11.9. The lowest BCUT2D eigenvalue weighted by Crippen LogP contribution is -2.31. The summed E-state index contributed by atoms with van der Waals surface area (Å²) < 4.78 is 2.21. The van der Waals surface area contributed by atoms with Crippen molar-refractivity contribution in [1.29, 1.82) is 0 Å². The van der Waals surface area contributed by atoms with E-state index >= 15 is 0 Å². The first kappa shape index (κ1) is 16.9. The highest BCUT2D eigenvalue weighted by Crippen LogP contribution is 2.32. The van der Waals surface area contributed by atoms with Gasteiger partial charge in [0.05, 0.1) is 12.6 Å². The lowest BCUT2D eigenvalue weighted by molar-refractivity contribution is 0.155. The molecule has 0 aliphatic carbocycles. The Balaban J connectivity index is 1.76. The molecule has 5 nitrogen and oxygen atoms in total. The highest BCUT2D eigenvalue weighted by molar-refractivity contribution is 5.83. The van der Waals surface area contributed by atoms with Crippen LogP contribution in [0.4, 0.5) is 0 Å². The second-order valence-electron chi connectivity index (χ2n) is 6.99. The summed E-state index contributed by atoms with van der Waals surface area (Å²) in [6.07, 6.45) is 7.69. The van der Waals surface area contributed by atoms with Gasteiger partial charge in [-0.3, -0.25) is 9.88 Å². The molecule has 0 spiro atoms. The zero-order valence-electron chi connectivity index (χ0n) is 15.1. The SMILES string of the molecule is C=CCN1CCc2c(c3cc(C)cnc3n2CC(O)c2ccncc2)C1. The van der Waals surface area contributed by atoms with Gasteiger partial charge in [-0.1, -0.05) is 6.08 Å². The van der Waals surface area contributed by atoms with Gasteiger partial charge in [0.25, 0.3) is 0 Å². The maximum absolute atomic E-state index is 10.7. The molecule has 1 N–H and O–H groups in total. The summed E-state index contributed by atoms with van der Waals surface area (Å²) in [4.78, 5) is 11.1. The molecule has 4 heterocycles. The van der Waals surface area contributed by atoms with Crippen LogP contribution < -0.4 is 0 Å². The Labute approximate surface area is 153 Å². The average molecular weight is 348 g/mol. The molecule has 0 saturated heterocycles. The van der Waals surface area contributed by atoms with Crippen molar-refractivity contribution in [1.82, 2.24) is 19.4 Å². The molecule has 4 rings (SSSR count). The smallest absolute Gasteiger partial charge is 0.140 e. The summed E-state index contributed by atoms with van der Waals surface area (Å²) in [5.74, 6) is 0. The van der Waals surface area contributed by atoms with Crippen molar-refractivity contribution >= 4 is 11.0 Å². The van der Waals surface area contributed by atoms with Gasteiger partial charge in [-0.15, -0.1) is 6.58 Å². The molecule has 0 bridgehead atoms. The summed E-state index contributed by atoms with van der Waals surface area (Å²) in [5.41, 5.74) is 5.65. The minimum Gasteiger partial charge on any atom is -0.387 e. The standard InChI is InChI=1S/C21H24N4O/c1-3-9-24-10-6-19-18(13-24)17-11-15(2)12-23-21(17)25(19)14-20(26)16-4-7-22-8-5-16/h3-5,7-8,11-12,20,26H,1,6,9-10,13-14H2,2H3. The van der Waals surface area contributed by atoms with Crippen molar-refractivity contribution in [2.45, 2.75) is 32.5 Å². The van der Waals surface area contributed by atoms with Crippen molar-refractivity contribution in [3.63, 3.8) is 0 Å². The van der Waals surface area contributed by atoms with Gasteiger partial charge in [0.2, 0.25) is 0 Å². The van der Waals surface area contributed by atoms with Crippen molar-refractivity contribution in [2.24, 2.45) is 0 Å². The number of aliphatic hydroxyl groups is 1. The fraction of sp³-hybridized carbons (Fsp3) is 0.333. The largest absolute Gasteiger partial charge is 0.387 e. The van der Waals surface area contributed by atoms with Gasteiger partial charge in [0, 0.05) is 55.7 Å². The third-order valence-corrected chi connectivity index (χ3v) is 5.14. The van der Waals surface area contributed by atoms with E-state index in [1.54, 1.807) is 12.4 Å². The summed E-state index contributed by atoms with van der Waals surface area (Å²) in [6.45, 7) is 9.25. The molecule has 1 aliphatic rings. The van der Waals surface area contributed by atoms with Crippen LogP contribution in [0.1, 0.15) is 28.5 Å². The molecule has 5 heteroatoms. The van der Waals surface area contributed by atoms with Gasteiger partial charge in [-0.05, 0) is 41.8 Å². The summed E-state index contributed by atoms with van der Waals surface area (Å²) in [7, 11) is 0. The molecule has 26 heavy (non-hydrogen) atoms. The molecule has 134 valence electrons. The summed E-state index contributed by atoms with van der Waals surface area (Å²) >= 11 is 0. The van der Waals surface area contributed by atoms with E-state index in [-0.39, 0.29) is 0 Å². The minimum atomic E-state index is -0.577. The molecule has 0 saturated carbocycles. The molecule has 0 amide bonds. The predicted molar refractivity (Wildman–Crippen MR) is 103 cm³/mol. The van der Waals surface area contributed by atoms with E-state index in [0.29, 0.717) is 6.54 Å². The number of rotatable bonds is 5. The van der Waals surface area contributed by atoms with E-state index in [4.69, 9.17) is 4.98 Å². The van der Waals surface area contributed by atoms with Crippen LogP contribution in [0.3, 0.4) is 0 Å². The van der Waals surface area contributed by atoms with Crippen LogP contribution in [0.5, 0.6) is 0 Å². The normalized spacial score (nSPS) is 15.8. The van der Waals surface area contributed by atoms with Crippen LogP contribution in [0.25, 0.3) is 11.0 Å². The maximum atomic E-state index is 10.7. The number of nitrogens with zero attached hydrogens (tertiary/aromatic N) is 4. The zero-order chi connectivity index (χ0) is 18.1. The van der Waals surface area contributed by atoms with Crippen molar-refractivity contribution in [3.05, 3.63) is 71.8 Å². The highest BCUT2D eigenvalue weighted by atomic mass is 16.3. The lowest BCUT2D eigenvalue weighted by Gasteiger charge is -2.27. The van der Waals surface area contributed by atoms with Crippen LogP contribution in [0.15, 0.2) is 49.4 Å². The second-order valence-corrected chi connectivity index (χ2v) is 6.99. The summed E-state index contributed by atoms with van der Waals surface area (Å²) in [6, 6.07) is 5.95. The van der Waals surface area contributed by atoms with Crippen LogP contribution in [-0.4, -0.2) is 37.6 Å². The highest BCUT2D eigenvalue weighted by Gasteiger charge is 2.25. The van der Waals surface area contributed by atoms with Gasteiger partial charge in [-0.2, -0.15) is 0 Å².